The van der Waals surface area contributed by atoms with E-state index in [9.17, 15) is 18.0 Å². The van der Waals surface area contributed by atoms with Crippen molar-refractivity contribution in [2.24, 2.45) is 17.6 Å². The predicted octanol–water partition coefficient (Wildman–Crippen LogP) is 3.44. The number of sulfonamides is 1. The molecule has 0 aliphatic carbocycles. The maximum absolute atomic E-state index is 13.9. The zero-order chi connectivity index (χ0) is 30.7. The van der Waals surface area contributed by atoms with E-state index in [4.69, 9.17) is 11.1 Å². The van der Waals surface area contributed by atoms with Gasteiger partial charge in [-0.2, -0.15) is 0 Å². The minimum atomic E-state index is -3.23. The molecule has 0 unspecified atom stereocenters. The Labute approximate surface area is 250 Å². The van der Waals surface area contributed by atoms with Gasteiger partial charge in [0.05, 0.1) is 31.3 Å². The third kappa shape index (κ3) is 6.97. The van der Waals surface area contributed by atoms with Crippen LogP contribution in [0.25, 0.3) is 11.3 Å². The second-order valence-corrected chi connectivity index (χ2v) is 12.9. The van der Waals surface area contributed by atoms with Crippen molar-refractivity contribution in [2.45, 2.75) is 25.3 Å². The van der Waals surface area contributed by atoms with Gasteiger partial charge in [0.2, 0.25) is 10.0 Å². The Hall–Kier alpha value is -4.43. The molecule has 2 aliphatic rings. The SMILES string of the molecule is COC(=O)Nc1ccc(-c2cnc([C@@H]3C[C@H](C4CCN(S(C)(=O)=O)CC4)CN3C(=O)c3ccc(NC(=N)N)cc3)[nH]2)cc1. The lowest BCUT2D eigenvalue weighted by Crippen LogP contribution is -2.40. The molecule has 0 radical (unpaired) electrons. The Morgan fingerprint density at radius 1 is 1.02 bits per heavy atom. The molecule has 2 amide bonds. The highest BCUT2D eigenvalue weighted by Crippen LogP contribution is 2.42. The molecular weight excluding hydrogens is 572 g/mol. The summed E-state index contributed by atoms with van der Waals surface area (Å²) in [4.78, 5) is 35.3. The Bertz CT molecular complexity index is 1580. The number of carbonyl (C=O) groups excluding carboxylic acids is 2. The molecule has 0 spiro atoms. The number of methoxy groups -OCH3 is 1. The van der Waals surface area contributed by atoms with Crippen LogP contribution >= 0.6 is 0 Å². The maximum atomic E-state index is 13.9. The van der Waals surface area contributed by atoms with E-state index in [2.05, 4.69) is 25.3 Å². The third-order valence-corrected chi connectivity index (χ3v) is 9.48. The molecule has 2 fully saturated rings. The molecule has 3 aromatic rings. The maximum Gasteiger partial charge on any atom is 0.411 e. The average molecular weight is 609 g/mol. The number of aromatic amines is 1. The van der Waals surface area contributed by atoms with E-state index < -0.39 is 16.1 Å². The molecule has 13 nitrogen and oxygen atoms in total. The van der Waals surface area contributed by atoms with Gasteiger partial charge in [0.15, 0.2) is 5.96 Å². The van der Waals surface area contributed by atoms with E-state index in [-0.39, 0.29) is 29.7 Å². The number of nitrogens with zero attached hydrogens (tertiary/aromatic N) is 3. The van der Waals surface area contributed by atoms with Gasteiger partial charge in [-0.05, 0) is 73.1 Å². The van der Waals surface area contributed by atoms with Crippen molar-refractivity contribution in [2.75, 3.05) is 43.6 Å². The number of nitrogens with two attached hydrogens (primary N) is 1. The number of aromatic nitrogens is 2. The van der Waals surface area contributed by atoms with Crippen molar-refractivity contribution in [3.63, 3.8) is 0 Å². The smallest absolute Gasteiger partial charge is 0.411 e. The molecule has 0 bridgehead atoms. The molecule has 5 rings (SSSR count). The number of likely N-dealkylation sites (tertiary alicyclic amines) is 1. The molecule has 2 aromatic carbocycles. The van der Waals surface area contributed by atoms with E-state index in [0.29, 0.717) is 48.8 Å². The summed E-state index contributed by atoms with van der Waals surface area (Å²) in [7, 11) is -1.93. The predicted molar refractivity (Wildman–Crippen MR) is 163 cm³/mol. The first kappa shape index (κ1) is 30.0. The minimum absolute atomic E-state index is 0.133. The summed E-state index contributed by atoms with van der Waals surface area (Å²) in [6, 6.07) is 13.8. The van der Waals surface area contributed by atoms with Crippen molar-refractivity contribution < 1.29 is 22.7 Å². The Morgan fingerprint density at radius 3 is 2.26 bits per heavy atom. The lowest BCUT2D eigenvalue weighted by atomic mass is 9.83. The Morgan fingerprint density at radius 2 is 1.65 bits per heavy atom. The number of hydrogen-bond donors (Lipinski definition) is 5. The Balaban J connectivity index is 1.37. The number of hydrogen-bond acceptors (Lipinski definition) is 7. The van der Waals surface area contributed by atoms with Crippen molar-refractivity contribution in [1.29, 1.82) is 5.41 Å². The van der Waals surface area contributed by atoms with Crippen molar-refractivity contribution in [3.8, 4) is 11.3 Å². The normalized spacial score (nSPS) is 19.6. The van der Waals surface area contributed by atoms with Gasteiger partial charge in [0.25, 0.3) is 5.91 Å². The largest absolute Gasteiger partial charge is 0.453 e. The monoisotopic (exact) mass is 608 g/mol. The molecule has 3 heterocycles. The van der Waals surface area contributed by atoms with E-state index in [1.165, 1.54) is 17.7 Å². The number of guanidine groups is 1. The van der Waals surface area contributed by atoms with Crippen LogP contribution < -0.4 is 16.4 Å². The zero-order valence-corrected chi connectivity index (χ0v) is 24.9. The number of imidazole rings is 1. The fourth-order valence-electron chi connectivity index (χ4n) is 5.94. The number of ether oxygens (including phenoxy) is 1. The van der Waals surface area contributed by atoms with Crippen LogP contribution in [0.15, 0.2) is 54.7 Å². The summed E-state index contributed by atoms with van der Waals surface area (Å²) in [5, 5.41) is 12.8. The highest BCUT2D eigenvalue weighted by atomic mass is 32.2. The fourth-order valence-corrected chi connectivity index (χ4v) is 6.82. The summed E-state index contributed by atoms with van der Waals surface area (Å²) >= 11 is 0. The van der Waals surface area contributed by atoms with Crippen LogP contribution in [0.3, 0.4) is 0 Å². The van der Waals surface area contributed by atoms with Crippen molar-refractivity contribution >= 4 is 39.4 Å². The average Bonchev–Trinajstić information content (AvgIpc) is 3.65. The zero-order valence-electron chi connectivity index (χ0n) is 24.0. The molecule has 228 valence electrons. The third-order valence-electron chi connectivity index (χ3n) is 8.18. The van der Waals surface area contributed by atoms with Crippen molar-refractivity contribution in [3.05, 3.63) is 66.1 Å². The summed E-state index contributed by atoms with van der Waals surface area (Å²) in [6.07, 6.45) is 4.62. The van der Waals surface area contributed by atoms with E-state index in [1.54, 1.807) is 42.6 Å². The van der Waals surface area contributed by atoms with Gasteiger partial charge in [0, 0.05) is 36.6 Å². The highest BCUT2D eigenvalue weighted by Gasteiger charge is 2.42. The second-order valence-electron chi connectivity index (χ2n) is 11.0. The van der Waals surface area contributed by atoms with Crippen LogP contribution in [-0.4, -0.2) is 78.6 Å². The van der Waals surface area contributed by atoms with E-state index in [1.807, 2.05) is 17.0 Å². The first-order valence-electron chi connectivity index (χ1n) is 14.0. The molecule has 14 heteroatoms. The number of H-pyrrole nitrogens is 1. The van der Waals surface area contributed by atoms with Gasteiger partial charge in [-0.15, -0.1) is 0 Å². The Kier molecular flexibility index (Phi) is 8.69. The van der Waals surface area contributed by atoms with Crippen molar-refractivity contribution in [1.82, 2.24) is 19.2 Å². The van der Waals surface area contributed by atoms with Crippen LogP contribution in [0.4, 0.5) is 16.2 Å². The molecule has 6 N–H and O–H groups in total. The van der Waals surface area contributed by atoms with Gasteiger partial charge < -0.3 is 25.7 Å². The lowest BCUT2D eigenvalue weighted by Gasteiger charge is -2.33. The second kappa shape index (κ2) is 12.4. The quantitative estimate of drug-likeness (QED) is 0.199. The van der Waals surface area contributed by atoms with Gasteiger partial charge in [0.1, 0.15) is 5.82 Å². The molecule has 1 aromatic heterocycles. The van der Waals surface area contributed by atoms with Crippen LogP contribution in [0.2, 0.25) is 0 Å². The number of anilines is 2. The van der Waals surface area contributed by atoms with Gasteiger partial charge in [-0.25, -0.2) is 22.5 Å². The minimum Gasteiger partial charge on any atom is -0.453 e. The highest BCUT2D eigenvalue weighted by molar-refractivity contribution is 7.88. The first-order chi connectivity index (χ1) is 20.5. The van der Waals surface area contributed by atoms with Gasteiger partial charge >= 0.3 is 6.09 Å². The van der Waals surface area contributed by atoms with E-state index >= 15 is 0 Å². The topological polar surface area (TPSA) is 187 Å². The van der Waals surface area contributed by atoms with Crippen LogP contribution in [0, 0.1) is 17.2 Å². The first-order valence-corrected chi connectivity index (χ1v) is 15.8. The van der Waals surface area contributed by atoms with E-state index in [0.717, 1.165) is 24.1 Å². The number of nitrogens with one attached hydrogen (secondary N) is 4. The van der Waals surface area contributed by atoms with Gasteiger partial charge in [-0.3, -0.25) is 15.5 Å². The number of benzene rings is 2. The summed E-state index contributed by atoms with van der Waals surface area (Å²) in [6.45, 7) is 1.49. The standard InChI is InChI=1S/C29H36N8O5S/c1-42-29(39)34-23-7-3-19(4-8-23)24-16-32-26(35-24)25-15-21(18-11-13-36(14-12-18)43(2,40)41)17-37(25)27(38)20-5-9-22(10-6-20)33-28(30)31/h3-10,16,18,21,25H,11-15,17H2,1-2H3,(H,32,35)(H,34,39)(H4,30,31,33)/t21-,25-/m0/s1. The number of piperidine rings is 1. The summed E-state index contributed by atoms with van der Waals surface area (Å²) in [5.41, 5.74) is 8.78. The lowest BCUT2D eigenvalue weighted by molar-refractivity contribution is 0.0720. The molecule has 2 atom stereocenters. The fraction of sp³-hybridized carbons (Fsp3) is 0.379. The number of amides is 2. The summed E-state index contributed by atoms with van der Waals surface area (Å²) < 4.78 is 30.3. The molecule has 2 saturated heterocycles. The molecular formula is C29H36N8O5S. The van der Waals surface area contributed by atoms with Crippen LogP contribution in [0.1, 0.15) is 41.5 Å². The van der Waals surface area contributed by atoms with Crippen LogP contribution in [0.5, 0.6) is 0 Å². The number of rotatable bonds is 7. The summed E-state index contributed by atoms with van der Waals surface area (Å²) in [5.74, 6) is 0.820. The number of carbonyl (C=O) groups is 2. The van der Waals surface area contributed by atoms with Crippen LogP contribution in [-0.2, 0) is 14.8 Å². The molecule has 43 heavy (non-hydrogen) atoms. The van der Waals surface area contributed by atoms with Gasteiger partial charge in [-0.1, -0.05) is 12.1 Å². The molecule has 0 saturated carbocycles. The molecule has 2 aliphatic heterocycles.